The maximum atomic E-state index is 11.6. The summed E-state index contributed by atoms with van der Waals surface area (Å²) in [6.45, 7) is 5.29. The summed E-state index contributed by atoms with van der Waals surface area (Å²) in [6, 6.07) is 0. The number of rotatable bonds is 18. The Morgan fingerprint density at radius 1 is 0.680 bits per heavy atom. The number of nitrogens with one attached hydrogen (secondary N) is 1. The van der Waals surface area contributed by atoms with Crippen LogP contribution in [0.25, 0.3) is 0 Å². The molecule has 0 saturated carbocycles. The molecule has 0 aromatic rings. The molecule has 1 N–H and O–H groups in total. The molecule has 0 aromatic carbocycles. The van der Waals surface area contributed by atoms with Gasteiger partial charge in [-0.25, -0.2) is 0 Å². The first kappa shape index (κ1) is 23.9. The molecule has 2 heteroatoms. The van der Waals surface area contributed by atoms with Crippen molar-refractivity contribution in [2.24, 2.45) is 0 Å². The van der Waals surface area contributed by atoms with E-state index in [9.17, 15) is 4.79 Å². The summed E-state index contributed by atoms with van der Waals surface area (Å²) in [5.41, 5.74) is 0. The van der Waals surface area contributed by atoms with Gasteiger partial charge in [0.15, 0.2) is 0 Å². The molecule has 0 aliphatic carbocycles. The number of hydrogen-bond donors (Lipinski definition) is 1. The Kier molecular flexibility index (Phi) is 20.1. The van der Waals surface area contributed by atoms with E-state index in [0.717, 1.165) is 25.8 Å². The minimum absolute atomic E-state index is 0.238. The first-order valence-electron chi connectivity index (χ1n) is 10.9. The summed E-state index contributed by atoms with van der Waals surface area (Å²) >= 11 is 0. The Labute approximate surface area is 157 Å². The minimum Gasteiger partial charge on any atom is -0.356 e. The van der Waals surface area contributed by atoms with Gasteiger partial charge in [-0.15, -0.1) is 0 Å². The fraction of sp³-hybridized carbons (Fsp3) is 0.783. The summed E-state index contributed by atoms with van der Waals surface area (Å²) in [5, 5.41) is 3.01. The number of carbonyl (C=O) groups excluding carboxylic acids is 1. The molecule has 0 rings (SSSR count). The molecule has 0 aliphatic rings. The molecule has 0 saturated heterocycles. The highest BCUT2D eigenvalue weighted by Gasteiger charge is 1.99. The van der Waals surface area contributed by atoms with Crippen LogP contribution in [0.15, 0.2) is 24.3 Å². The van der Waals surface area contributed by atoms with Gasteiger partial charge in [0, 0.05) is 13.0 Å². The molecule has 0 bridgehead atoms. The van der Waals surface area contributed by atoms with Gasteiger partial charge in [0.25, 0.3) is 0 Å². The smallest absolute Gasteiger partial charge is 0.219 e. The van der Waals surface area contributed by atoms with Crippen molar-refractivity contribution in [3.63, 3.8) is 0 Å². The molecule has 0 atom stereocenters. The van der Waals surface area contributed by atoms with E-state index in [2.05, 4.69) is 43.5 Å². The van der Waals surface area contributed by atoms with E-state index in [1.807, 2.05) is 0 Å². The summed E-state index contributed by atoms with van der Waals surface area (Å²) < 4.78 is 0. The third-order valence-corrected chi connectivity index (χ3v) is 4.46. The second kappa shape index (κ2) is 21.0. The molecule has 0 radical (unpaired) electrons. The normalized spacial score (nSPS) is 11.6. The molecule has 0 spiro atoms. The predicted octanol–water partition coefficient (Wildman–Crippen LogP) is 7.11. The lowest BCUT2D eigenvalue weighted by Gasteiger charge is -2.04. The Morgan fingerprint density at radius 3 is 1.92 bits per heavy atom. The number of carbonyl (C=O) groups is 1. The van der Waals surface area contributed by atoms with Crippen molar-refractivity contribution in [1.29, 1.82) is 0 Å². The van der Waals surface area contributed by atoms with E-state index in [4.69, 9.17) is 0 Å². The van der Waals surface area contributed by atoms with Gasteiger partial charge in [0.05, 0.1) is 0 Å². The standard InChI is InChI=1S/C23H43NO/c1-3-5-7-8-9-10-11-12-13-14-15-16-17-18-19-21-23(25)24-22-20-6-4-2/h9-10,12-13H,3-8,11,14-22H2,1-2H3,(H,24,25). The minimum atomic E-state index is 0.238. The van der Waals surface area contributed by atoms with Crippen LogP contribution in [-0.2, 0) is 4.79 Å². The monoisotopic (exact) mass is 349 g/mol. The van der Waals surface area contributed by atoms with E-state index in [1.54, 1.807) is 0 Å². The fourth-order valence-electron chi connectivity index (χ4n) is 2.79. The van der Waals surface area contributed by atoms with Crippen molar-refractivity contribution in [1.82, 2.24) is 5.32 Å². The highest BCUT2D eigenvalue weighted by atomic mass is 16.1. The van der Waals surface area contributed by atoms with Crippen LogP contribution in [0, 0.1) is 0 Å². The van der Waals surface area contributed by atoms with E-state index < -0.39 is 0 Å². The first-order chi connectivity index (χ1) is 12.3. The lowest BCUT2D eigenvalue weighted by molar-refractivity contribution is -0.121. The van der Waals surface area contributed by atoms with Crippen LogP contribution in [0.5, 0.6) is 0 Å². The molecule has 0 heterocycles. The Hall–Kier alpha value is -1.05. The zero-order chi connectivity index (χ0) is 18.4. The van der Waals surface area contributed by atoms with Crippen molar-refractivity contribution in [2.45, 2.75) is 110 Å². The molecule has 1 amide bonds. The molecule has 0 aliphatic heterocycles. The van der Waals surface area contributed by atoms with E-state index in [0.29, 0.717) is 6.42 Å². The average Bonchev–Trinajstić information content (AvgIpc) is 2.62. The summed E-state index contributed by atoms with van der Waals surface area (Å²) in [5.74, 6) is 0.238. The van der Waals surface area contributed by atoms with Gasteiger partial charge in [-0.05, 0) is 44.9 Å². The van der Waals surface area contributed by atoms with Gasteiger partial charge in [-0.2, -0.15) is 0 Å². The van der Waals surface area contributed by atoms with Crippen molar-refractivity contribution in [3.05, 3.63) is 24.3 Å². The number of hydrogen-bond acceptors (Lipinski definition) is 1. The van der Waals surface area contributed by atoms with E-state index in [-0.39, 0.29) is 5.91 Å². The van der Waals surface area contributed by atoms with Crippen LogP contribution < -0.4 is 5.32 Å². The maximum absolute atomic E-state index is 11.6. The van der Waals surface area contributed by atoms with Crippen molar-refractivity contribution in [2.75, 3.05) is 6.54 Å². The summed E-state index contributed by atoms with van der Waals surface area (Å²) in [4.78, 5) is 11.6. The molecular weight excluding hydrogens is 306 g/mol. The van der Waals surface area contributed by atoms with Crippen molar-refractivity contribution >= 4 is 5.91 Å². The third-order valence-electron chi connectivity index (χ3n) is 4.46. The Balaban J connectivity index is 3.25. The molecule has 146 valence electrons. The zero-order valence-corrected chi connectivity index (χ0v) is 17.0. The third kappa shape index (κ3) is 20.9. The molecule has 0 fully saturated rings. The van der Waals surface area contributed by atoms with Gasteiger partial charge >= 0.3 is 0 Å². The number of allylic oxidation sites excluding steroid dienone is 4. The maximum Gasteiger partial charge on any atom is 0.219 e. The van der Waals surface area contributed by atoms with Crippen LogP contribution in [-0.4, -0.2) is 12.5 Å². The topological polar surface area (TPSA) is 29.1 Å². The summed E-state index contributed by atoms with van der Waals surface area (Å²) in [6.07, 6.45) is 27.0. The van der Waals surface area contributed by atoms with Gasteiger partial charge in [-0.1, -0.05) is 83.1 Å². The van der Waals surface area contributed by atoms with Gasteiger partial charge in [0.1, 0.15) is 0 Å². The van der Waals surface area contributed by atoms with Crippen LogP contribution >= 0.6 is 0 Å². The molecular formula is C23H43NO. The second-order valence-corrected chi connectivity index (χ2v) is 7.04. The largest absolute Gasteiger partial charge is 0.356 e. The molecule has 0 aromatic heterocycles. The van der Waals surface area contributed by atoms with Crippen LogP contribution in [0.1, 0.15) is 110 Å². The van der Waals surface area contributed by atoms with E-state index in [1.165, 1.54) is 70.6 Å². The number of unbranched alkanes of at least 4 members (excludes halogenated alkanes) is 10. The summed E-state index contributed by atoms with van der Waals surface area (Å²) in [7, 11) is 0. The lowest BCUT2D eigenvalue weighted by Crippen LogP contribution is -2.23. The van der Waals surface area contributed by atoms with Gasteiger partial charge in [0.2, 0.25) is 5.91 Å². The first-order valence-corrected chi connectivity index (χ1v) is 10.9. The van der Waals surface area contributed by atoms with Crippen molar-refractivity contribution in [3.8, 4) is 0 Å². The average molecular weight is 350 g/mol. The fourth-order valence-corrected chi connectivity index (χ4v) is 2.79. The highest BCUT2D eigenvalue weighted by Crippen LogP contribution is 2.08. The quantitative estimate of drug-likeness (QED) is 0.207. The van der Waals surface area contributed by atoms with E-state index >= 15 is 0 Å². The molecule has 2 nitrogen and oxygen atoms in total. The van der Waals surface area contributed by atoms with Gasteiger partial charge < -0.3 is 5.32 Å². The highest BCUT2D eigenvalue weighted by molar-refractivity contribution is 5.75. The zero-order valence-electron chi connectivity index (χ0n) is 17.0. The number of amides is 1. The Morgan fingerprint density at radius 2 is 1.24 bits per heavy atom. The lowest BCUT2D eigenvalue weighted by atomic mass is 10.1. The molecule has 25 heavy (non-hydrogen) atoms. The van der Waals surface area contributed by atoms with Gasteiger partial charge in [-0.3, -0.25) is 4.79 Å². The van der Waals surface area contributed by atoms with Crippen LogP contribution in [0.2, 0.25) is 0 Å². The SMILES string of the molecule is CCCCCC=CCC=CCCCCCCCC(=O)NCCCCC. The van der Waals surface area contributed by atoms with Crippen LogP contribution in [0.4, 0.5) is 0 Å². The second-order valence-electron chi connectivity index (χ2n) is 7.04. The van der Waals surface area contributed by atoms with Crippen molar-refractivity contribution < 1.29 is 4.79 Å². The Bertz CT molecular complexity index is 333. The predicted molar refractivity (Wildman–Crippen MR) is 112 cm³/mol. The van der Waals surface area contributed by atoms with Crippen LogP contribution in [0.3, 0.4) is 0 Å². The molecule has 0 unspecified atom stereocenters.